The van der Waals surface area contributed by atoms with E-state index in [1.54, 1.807) is 0 Å². The quantitative estimate of drug-likeness (QED) is 0.691. The molecule has 25 heavy (non-hydrogen) atoms. The van der Waals surface area contributed by atoms with E-state index in [1.807, 2.05) is 29.1 Å². The van der Waals surface area contributed by atoms with Gasteiger partial charge in [0.2, 0.25) is 11.8 Å². The molecule has 0 radical (unpaired) electrons. The van der Waals surface area contributed by atoms with Crippen molar-refractivity contribution in [3.05, 3.63) is 24.0 Å². The number of unbranched alkanes of at least 4 members (excludes halogenated alkanes) is 1. The Morgan fingerprint density at radius 2 is 2.00 bits per heavy atom. The number of rotatable bonds is 9. The molecular formula is C20H31N3O2. The normalized spacial score (nSPS) is 17.2. The predicted octanol–water partition coefficient (Wildman–Crippen LogP) is 2.94. The lowest BCUT2D eigenvalue weighted by atomic mass is 9.84. The monoisotopic (exact) mass is 345 g/mol. The standard InChI is InChI=1S/C20H31N3O2/c1-3-4-13-22(20(25)16-7-5-8-16)15-19(24)23(17-10-11-17)14-18-9-6-12-21(18)2/h6,9,12,16-17H,3-5,7-8,10-11,13-15H2,1-2H3. The number of aromatic nitrogens is 1. The maximum atomic E-state index is 13.0. The van der Waals surface area contributed by atoms with Crippen LogP contribution in [0.4, 0.5) is 0 Å². The topological polar surface area (TPSA) is 45.6 Å². The maximum absolute atomic E-state index is 13.0. The Kier molecular flexibility index (Phi) is 5.82. The average molecular weight is 345 g/mol. The third-order valence-electron chi connectivity index (χ3n) is 5.57. The van der Waals surface area contributed by atoms with E-state index < -0.39 is 0 Å². The molecule has 0 saturated heterocycles. The molecule has 5 nitrogen and oxygen atoms in total. The summed E-state index contributed by atoms with van der Waals surface area (Å²) >= 11 is 0. The highest BCUT2D eigenvalue weighted by molar-refractivity contribution is 5.86. The zero-order valence-electron chi connectivity index (χ0n) is 15.6. The van der Waals surface area contributed by atoms with Gasteiger partial charge in [-0.15, -0.1) is 0 Å². The van der Waals surface area contributed by atoms with Gasteiger partial charge in [-0.25, -0.2) is 0 Å². The second-order valence-corrected chi connectivity index (χ2v) is 7.60. The summed E-state index contributed by atoms with van der Waals surface area (Å²) in [5, 5.41) is 0. The molecule has 0 bridgehead atoms. The molecule has 5 heteroatoms. The third-order valence-corrected chi connectivity index (χ3v) is 5.57. The molecule has 3 rings (SSSR count). The van der Waals surface area contributed by atoms with Crippen molar-refractivity contribution < 1.29 is 9.59 Å². The molecule has 1 heterocycles. The van der Waals surface area contributed by atoms with Gasteiger partial charge in [0.05, 0.1) is 13.1 Å². The number of hydrogen-bond donors (Lipinski definition) is 0. The average Bonchev–Trinajstić information content (AvgIpc) is 3.30. The molecule has 0 N–H and O–H groups in total. The minimum Gasteiger partial charge on any atom is -0.353 e. The van der Waals surface area contributed by atoms with Crippen molar-refractivity contribution in [3.8, 4) is 0 Å². The molecule has 0 unspecified atom stereocenters. The van der Waals surface area contributed by atoms with Crippen LogP contribution in [-0.2, 0) is 23.2 Å². The van der Waals surface area contributed by atoms with Crippen LogP contribution >= 0.6 is 0 Å². The van der Waals surface area contributed by atoms with E-state index in [0.717, 1.165) is 50.6 Å². The Morgan fingerprint density at radius 1 is 1.24 bits per heavy atom. The summed E-state index contributed by atoms with van der Waals surface area (Å²) in [7, 11) is 2.01. The first-order valence-electron chi connectivity index (χ1n) is 9.78. The van der Waals surface area contributed by atoms with Gasteiger partial charge in [-0.3, -0.25) is 9.59 Å². The van der Waals surface area contributed by atoms with Gasteiger partial charge >= 0.3 is 0 Å². The molecule has 0 aromatic carbocycles. The van der Waals surface area contributed by atoms with Gasteiger partial charge in [0.25, 0.3) is 0 Å². The van der Waals surface area contributed by atoms with Gasteiger partial charge in [0, 0.05) is 37.4 Å². The largest absolute Gasteiger partial charge is 0.353 e. The van der Waals surface area contributed by atoms with Crippen LogP contribution in [0.1, 0.15) is 57.6 Å². The highest BCUT2D eigenvalue weighted by atomic mass is 16.2. The van der Waals surface area contributed by atoms with Crippen LogP contribution in [0.5, 0.6) is 0 Å². The number of nitrogens with zero attached hydrogens (tertiary/aromatic N) is 3. The summed E-state index contributed by atoms with van der Waals surface area (Å²) in [6.45, 7) is 3.72. The van der Waals surface area contributed by atoms with E-state index in [4.69, 9.17) is 0 Å². The van der Waals surface area contributed by atoms with Crippen LogP contribution in [0.2, 0.25) is 0 Å². The summed E-state index contributed by atoms with van der Waals surface area (Å²) in [6.07, 6.45) is 9.32. The minimum absolute atomic E-state index is 0.104. The lowest BCUT2D eigenvalue weighted by Gasteiger charge is -2.33. The van der Waals surface area contributed by atoms with Crippen LogP contribution in [-0.4, -0.2) is 45.3 Å². The Bertz CT molecular complexity index is 602. The van der Waals surface area contributed by atoms with Crippen molar-refractivity contribution >= 4 is 11.8 Å². The lowest BCUT2D eigenvalue weighted by Crippen LogP contribution is -2.46. The minimum atomic E-state index is 0.104. The van der Waals surface area contributed by atoms with Gasteiger partial charge in [0.1, 0.15) is 0 Å². The third kappa shape index (κ3) is 4.44. The first-order chi connectivity index (χ1) is 12.1. The molecular weight excluding hydrogens is 314 g/mol. The maximum Gasteiger partial charge on any atom is 0.242 e. The van der Waals surface area contributed by atoms with E-state index in [2.05, 4.69) is 17.6 Å². The molecule has 2 saturated carbocycles. The van der Waals surface area contributed by atoms with Crippen molar-refractivity contribution in [2.45, 2.75) is 64.5 Å². The Balaban J connectivity index is 1.64. The van der Waals surface area contributed by atoms with Gasteiger partial charge in [0.15, 0.2) is 0 Å². The first-order valence-corrected chi connectivity index (χ1v) is 9.78. The molecule has 0 aliphatic heterocycles. The van der Waals surface area contributed by atoms with Crippen LogP contribution in [0, 0.1) is 5.92 Å². The van der Waals surface area contributed by atoms with Crippen LogP contribution < -0.4 is 0 Å². The summed E-state index contributed by atoms with van der Waals surface area (Å²) in [5.41, 5.74) is 1.14. The van der Waals surface area contributed by atoms with Gasteiger partial charge in [-0.1, -0.05) is 19.8 Å². The zero-order valence-corrected chi connectivity index (χ0v) is 15.6. The smallest absolute Gasteiger partial charge is 0.242 e. The van der Waals surface area contributed by atoms with Crippen LogP contribution in [0.25, 0.3) is 0 Å². The number of carbonyl (C=O) groups is 2. The SMILES string of the molecule is CCCCN(CC(=O)N(Cc1cccn1C)C1CC1)C(=O)C1CCC1. The molecule has 2 aliphatic rings. The highest BCUT2D eigenvalue weighted by Gasteiger charge is 2.35. The molecule has 2 fully saturated rings. The van der Waals surface area contributed by atoms with Crippen molar-refractivity contribution in [2.75, 3.05) is 13.1 Å². The number of amides is 2. The van der Waals surface area contributed by atoms with E-state index >= 15 is 0 Å². The Labute approximate surface area is 151 Å². The summed E-state index contributed by atoms with van der Waals surface area (Å²) in [6, 6.07) is 4.43. The molecule has 2 amide bonds. The molecule has 2 aliphatic carbocycles. The van der Waals surface area contributed by atoms with Crippen molar-refractivity contribution in [1.29, 1.82) is 0 Å². The molecule has 1 aromatic rings. The first kappa shape index (κ1) is 18.0. The fraction of sp³-hybridized carbons (Fsp3) is 0.700. The van der Waals surface area contributed by atoms with Gasteiger partial charge in [-0.2, -0.15) is 0 Å². The van der Waals surface area contributed by atoms with Crippen molar-refractivity contribution in [3.63, 3.8) is 0 Å². The van der Waals surface area contributed by atoms with E-state index in [1.165, 1.54) is 0 Å². The lowest BCUT2D eigenvalue weighted by molar-refractivity contribution is -0.145. The van der Waals surface area contributed by atoms with Crippen LogP contribution in [0.15, 0.2) is 18.3 Å². The van der Waals surface area contributed by atoms with E-state index in [-0.39, 0.29) is 24.3 Å². The van der Waals surface area contributed by atoms with E-state index in [0.29, 0.717) is 19.1 Å². The fourth-order valence-corrected chi connectivity index (χ4v) is 3.43. The number of aryl methyl sites for hydroxylation is 1. The predicted molar refractivity (Wildman–Crippen MR) is 97.8 cm³/mol. The molecule has 138 valence electrons. The second kappa shape index (κ2) is 8.07. The number of hydrogen-bond acceptors (Lipinski definition) is 2. The summed E-state index contributed by atoms with van der Waals surface area (Å²) in [5.74, 6) is 0.460. The summed E-state index contributed by atoms with van der Waals surface area (Å²) < 4.78 is 2.07. The molecule has 0 spiro atoms. The molecule has 0 atom stereocenters. The van der Waals surface area contributed by atoms with Gasteiger partial charge < -0.3 is 14.4 Å². The molecule has 1 aromatic heterocycles. The van der Waals surface area contributed by atoms with Gasteiger partial charge in [-0.05, 0) is 44.2 Å². The fourth-order valence-electron chi connectivity index (χ4n) is 3.43. The Hall–Kier alpha value is -1.78. The zero-order chi connectivity index (χ0) is 17.8. The van der Waals surface area contributed by atoms with Crippen molar-refractivity contribution in [1.82, 2.24) is 14.4 Å². The van der Waals surface area contributed by atoms with Crippen LogP contribution in [0.3, 0.4) is 0 Å². The number of carbonyl (C=O) groups excluding carboxylic acids is 2. The van der Waals surface area contributed by atoms with E-state index in [9.17, 15) is 9.59 Å². The van der Waals surface area contributed by atoms with Crippen molar-refractivity contribution in [2.24, 2.45) is 13.0 Å². The summed E-state index contributed by atoms with van der Waals surface area (Å²) in [4.78, 5) is 29.5. The highest BCUT2D eigenvalue weighted by Crippen LogP contribution is 2.30. The Morgan fingerprint density at radius 3 is 2.52 bits per heavy atom. The second-order valence-electron chi connectivity index (χ2n) is 7.60.